The van der Waals surface area contributed by atoms with Crippen LogP contribution in [0.15, 0.2) is 47.4 Å². The zero-order valence-corrected chi connectivity index (χ0v) is 17.1. The van der Waals surface area contributed by atoms with Crippen LogP contribution in [0, 0.1) is 19.7 Å². The first-order chi connectivity index (χ1) is 13.5. The van der Waals surface area contributed by atoms with Crippen LogP contribution in [0.3, 0.4) is 0 Å². The summed E-state index contributed by atoms with van der Waals surface area (Å²) in [4.78, 5) is 12.3. The molecule has 0 aliphatic carbocycles. The summed E-state index contributed by atoms with van der Waals surface area (Å²) >= 11 is 0. The van der Waals surface area contributed by atoms with Crippen molar-refractivity contribution in [2.75, 3.05) is 13.1 Å². The average molecular weight is 424 g/mol. The van der Waals surface area contributed by atoms with E-state index >= 15 is 0 Å². The standard InChI is InChI=1S/C13H17FN2O2.C7H8O3S/c1-8-6-9(2-3-11(8)14)10-7-16(13(17)18)5-4-12(10)15;1-6-2-4-7(5-3-6)11(8,9)10/h2-3,6,10,12H,4-5,7,15H2,1H3,(H,17,18);2-5H,1H3,(H,8,9,10)/t10-,12+;/m0./s1. The minimum Gasteiger partial charge on any atom is -0.465 e. The lowest BCUT2D eigenvalue weighted by Crippen LogP contribution is -2.47. The van der Waals surface area contributed by atoms with Crippen LogP contribution >= 0.6 is 0 Å². The van der Waals surface area contributed by atoms with Crippen molar-refractivity contribution in [3.63, 3.8) is 0 Å². The monoisotopic (exact) mass is 424 g/mol. The Morgan fingerprint density at radius 2 is 1.79 bits per heavy atom. The molecule has 0 bridgehead atoms. The maximum Gasteiger partial charge on any atom is 0.407 e. The first-order valence-electron chi connectivity index (χ1n) is 9.02. The van der Waals surface area contributed by atoms with Crippen LogP contribution in [0.5, 0.6) is 0 Å². The summed E-state index contributed by atoms with van der Waals surface area (Å²) in [6.45, 7) is 4.38. The molecule has 4 N–H and O–H groups in total. The number of carboxylic acid groups (broad SMARTS) is 1. The van der Waals surface area contributed by atoms with Gasteiger partial charge in [-0.2, -0.15) is 8.42 Å². The molecule has 2 atom stereocenters. The normalized spacial score (nSPS) is 19.3. The summed E-state index contributed by atoms with van der Waals surface area (Å²) in [7, 11) is -4.02. The molecule has 2 aromatic rings. The maximum absolute atomic E-state index is 13.2. The summed E-state index contributed by atoms with van der Waals surface area (Å²) in [6.07, 6.45) is -0.293. The first-order valence-corrected chi connectivity index (χ1v) is 10.5. The van der Waals surface area contributed by atoms with Crippen molar-refractivity contribution in [2.24, 2.45) is 5.73 Å². The quantitative estimate of drug-likeness (QED) is 0.637. The highest BCUT2D eigenvalue weighted by atomic mass is 32.2. The number of amides is 1. The summed E-state index contributed by atoms with van der Waals surface area (Å²) in [5.41, 5.74) is 8.48. The van der Waals surface area contributed by atoms with E-state index in [2.05, 4.69) is 0 Å². The number of halogens is 1. The van der Waals surface area contributed by atoms with Crippen LogP contribution in [-0.4, -0.2) is 48.2 Å². The molecule has 1 amide bonds. The Bertz CT molecular complexity index is 963. The van der Waals surface area contributed by atoms with Crippen molar-refractivity contribution in [2.45, 2.75) is 37.1 Å². The molecule has 7 nitrogen and oxygen atoms in total. The van der Waals surface area contributed by atoms with E-state index in [1.165, 1.54) is 23.1 Å². The van der Waals surface area contributed by atoms with Crippen molar-refractivity contribution >= 4 is 16.2 Å². The van der Waals surface area contributed by atoms with Gasteiger partial charge in [0.15, 0.2) is 0 Å². The lowest BCUT2D eigenvalue weighted by molar-refractivity contribution is 0.126. The SMILES string of the molecule is Cc1cc([C@@H]2CN(C(=O)O)CC[C@H]2N)ccc1F.Cc1ccc(S(=O)(=O)O)cc1. The fourth-order valence-electron chi connectivity index (χ4n) is 3.11. The highest BCUT2D eigenvalue weighted by Crippen LogP contribution is 2.27. The van der Waals surface area contributed by atoms with E-state index in [1.807, 2.05) is 6.92 Å². The lowest BCUT2D eigenvalue weighted by atomic mass is 9.86. The van der Waals surface area contributed by atoms with Gasteiger partial charge in [0.1, 0.15) is 5.82 Å². The number of rotatable bonds is 2. The van der Waals surface area contributed by atoms with Crippen molar-refractivity contribution in [1.29, 1.82) is 0 Å². The lowest BCUT2D eigenvalue weighted by Gasteiger charge is -2.35. The van der Waals surface area contributed by atoms with E-state index in [0.717, 1.165) is 11.1 Å². The van der Waals surface area contributed by atoms with Gasteiger partial charge < -0.3 is 15.7 Å². The highest BCUT2D eigenvalue weighted by molar-refractivity contribution is 7.85. The highest BCUT2D eigenvalue weighted by Gasteiger charge is 2.30. The second-order valence-corrected chi connectivity index (χ2v) is 8.51. The fourth-order valence-corrected chi connectivity index (χ4v) is 3.59. The molecule has 29 heavy (non-hydrogen) atoms. The van der Waals surface area contributed by atoms with Crippen LogP contribution < -0.4 is 5.73 Å². The van der Waals surface area contributed by atoms with Crippen LogP contribution in [0.4, 0.5) is 9.18 Å². The van der Waals surface area contributed by atoms with Crippen LogP contribution in [0.2, 0.25) is 0 Å². The summed E-state index contributed by atoms with van der Waals surface area (Å²) in [5, 5.41) is 9.01. The van der Waals surface area contributed by atoms with Crippen LogP contribution in [0.25, 0.3) is 0 Å². The molecule has 0 aromatic heterocycles. The smallest absolute Gasteiger partial charge is 0.407 e. The van der Waals surface area contributed by atoms with Gasteiger partial charge in [-0.3, -0.25) is 4.55 Å². The summed E-state index contributed by atoms with van der Waals surface area (Å²) in [5.74, 6) is -0.313. The van der Waals surface area contributed by atoms with E-state index in [9.17, 15) is 17.6 Å². The van der Waals surface area contributed by atoms with Crippen molar-refractivity contribution in [1.82, 2.24) is 4.90 Å². The van der Waals surface area contributed by atoms with E-state index in [4.69, 9.17) is 15.4 Å². The molecule has 1 aliphatic rings. The Morgan fingerprint density at radius 1 is 1.17 bits per heavy atom. The molecule has 1 saturated heterocycles. The summed E-state index contributed by atoms with van der Waals surface area (Å²) < 4.78 is 42.8. The van der Waals surface area contributed by atoms with Gasteiger partial charge in [-0.25, -0.2) is 9.18 Å². The molecule has 1 fully saturated rings. The molecule has 0 unspecified atom stereocenters. The van der Waals surface area contributed by atoms with Gasteiger partial charge in [-0.05, 0) is 49.6 Å². The second-order valence-electron chi connectivity index (χ2n) is 7.08. The van der Waals surface area contributed by atoms with E-state index in [0.29, 0.717) is 25.1 Å². The largest absolute Gasteiger partial charge is 0.465 e. The predicted octanol–water partition coefficient (Wildman–Crippen LogP) is 3.17. The molecular formula is C20H25FN2O5S. The molecule has 2 aromatic carbocycles. The van der Waals surface area contributed by atoms with Crippen molar-refractivity contribution in [3.8, 4) is 0 Å². The number of aryl methyl sites for hydroxylation is 2. The molecule has 0 radical (unpaired) electrons. The van der Waals surface area contributed by atoms with E-state index < -0.39 is 16.2 Å². The topological polar surface area (TPSA) is 121 Å². The van der Waals surface area contributed by atoms with Gasteiger partial charge in [0.05, 0.1) is 4.90 Å². The van der Waals surface area contributed by atoms with Crippen LogP contribution in [-0.2, 0) is 10.1 Å². The minimum absolute atomic E-state index is 0.0610. The molecule has 0 saturated carbocycles. The van der Waals surface area contributed by atoms with Crippen molar-refractivity contribution in [3.05, 3.63) is 65.0 Å². The zero-order chi connectivity index (χ0) is 21.8. The number of piperidine rings is 1. The molecule has 3 rings (SSSR count). The molecule has 158 valence electrons. The molecule has 1 heterocycles. The first kappa shape index (κ1) is 22.8. The fraction of sp³-hybridized carbons (Fsp3) is 0.350. The van der Waals surface area contributed by atoms with Crippen LogP contribution in [0.1, 0.15) is 29.0 Å². The Kier molecular flexibility index (Phi) is 7.34. The minimum atomic E-state index is -4.02. The molecule has 1 aliphatic heterocycles. The Balaban J connectivity index is 0.000000234. The number of nitrogens with two attached hydrogens (primary N) is 1. The Labute approximate surface area is 169 Å². The van der Waals surface area contributed by atoms with Gasteiger partial charge in [0.25, 0.3) is 10.1 Å². The average Bonchev–Trinajstić information content (AvgIpc) is 2.64. The van der Waals surface area contributed by atoms with E-state index in [1.54, 1.807) is 31.2 Å². The predicted molar refractivity (Wildman–Crippen MR) is 107 cm³/mol. The molecule has 9 heteroatoms. The van der Waals surface area contributed by atoms with Gasteiger partial charge in [0, 0.05) is 25.0 Å². The van der Waals surface area contributed by atoms with Gasteiger partial charge in [-0.15, -0.1) is 0 Å². The maximum atomic E-state index is 13.2. The third kappa shape index (κ3) is 6.25. The third-order valence-corrected chi connectivity index (χ3v) is 5.73. The Hall–Kier alpha value is -2.49. The number of nitrogens with zero attached hydrogens (tertiary/aromatic N) is 1. The van der Waals surface area contributed by atoms with Gasteiger partial charge >= 0.3 is 6.09 Å². The molecule has 0 spiro atoms. The number of benzene rings is 2. The van der Waals surface area contributed by atoms with Gasteiger partial charge in [-0.1, -0.05) is 29.8 Å². The summed E-state index contributed by atoms with van der Waals surface area (Å²) in [6, 6.07) is 10.8. The Morgan fingerprint density at radius 3 is 2.31 bits per heavy atom. The van der Waals surface area contributed by atoms with Crippen molar-refractivity contribution < 1.29 is 27.3 Å². The number of hydrogen-bond acceptors (Lipinski definition) is 4. The van der Waals surface area contributed by atoms with Gasteiger partial charge in [0.2, 0.25) is 0 Å². The number of likely N-dealkylation sites (tertiary alicyclic amines) is 1. The molecular weight excluding hydrogens is 399 g/mol. The third-order valence-electron chi connectivity index (χ3n) is 4.87. The number of carbonyl (C=O) groups is 1. The zero-order valence-electron chi connectivity index (χ0n) is 16.2. The second kappa shape index (κ2) is 9.34. The van der Waals surface area contributed by atoms with E-state index in [-0.39, 0.29) is 22.7 Å². The number of hydrogen-bond donors (Lipinski definition) is 3.